The van der Waals surface area contributed by atoms with E-state index in [1.54, 1.807) is 28.4 Å². The van der Waals surface area contributed by atoms with E-state index in [0.717, 1.165) is 18.4 Å². The highest BCUT2D eigenvalue weighted by molar-refractivity contribution is 7.10. The van der Waals surface area contributed by atoms with Gasteiger partial charge in [0.15, 0.2) is 0 Å². The molecule has 1 aromatic carbocycles. The van der Waals surface area contributed by atoms with Gasteiger partial charge in [-0.15, -0.1) is 11.3 Å². The zero-order valence-electron chi connectivity index (χ0n) is 20.1. The molecule has 3 rings (SSSR count). The lowest BCUT2D eigenvalue weighted by Crippen LogP contribution is -2.48. The van der Waals surface area contributed by atoms with Crippen molar-refractivity contribution in [3.05, 3.63) is 52.0 Å². The molecule has 7 heteroatoms. The predicted octanol–water partition coefficient (Wildman–Crippen LogP) is 5.31. The van der Waals surface area contributed by atoms with Crippen LogP contribution < -0.4 is 4.74 Å². The first-order valence-electron chi connectivity index (χ1n) is 11.8. The molecular formula is C26H35FN2O3S. The Balaban J connectivity index is 1.76. The maximum absolute atomic E-state index is 13.5. The SMILES string of the molecule is CC[C@@H](C)CN(CC(=O)N1CCc2sccc2[C@@H]1COc1ccc(F)cc1)C(=O)CC(C)C. The molecule has 2 atom stereocenters. The van der Waals surface area contributed by atoms with Gasteiger partial charge in [-0.3, -0.25) is 9.59 Å². The van der Waals surface area contributed by atoms with Crippen LogP contribution in [0.25, 0.3) is 0 Å². The summed E-state index contributed by atoms with van der Waals surface area (Å²) in [6.07, 6.45) is 2.20. The Morgan fingerprint density at radius 1 is 1.21 bits per heavy atom. The van der Waals surface area contributed by atoms with Crippen molar-refractivity contribution in [3.63, 3.8) is 0 Å². The molecule has 0 bridgehead atoms. The summed E-state index contributed by atoms with van der Waals surface area (Å²) in [4.78, 5) is 31.2. The molecule has 0 unspecified atom stereocenters. The lowest BCUT2D eigenvalue weighted by molar-refractivity contribution is -0.143. The van der Waals surface area contributed by atoms with Crippen molar-refractivity contribution in [2.45, 2.75) is 53.0 Å². The first-order chi connectivity index (χ1) is 15.8. The molecule has 0 spiro atoms. The molecule has 0 fully saturated rings. The highest BCUT2D eigenvalue weighted by Crippen LogP contribution is 2.34. The Bertz CT molecular complexity index is 928. The maximum atomic E-state index is 13.5. The highest BCUT2D eigenvalue weighted by atomic mass is 32.1. The summed E-state index contributed by atoms with van der Waals surface area (Å²) in [5.74, 6) is 0.801. The molecule has 1 aliphatic rings. The lowest BCUT2D eigenvalue weighted by atomic mass is 10.00. The molecule has 2 aromatic rings. The van der Waals surface area contributed by atoms with Crippen LogP contribution in [0.5, 0.6) is 5.75 Å². The molecule has 2 amide bonds. The van der Waals surface area contributed by atoms with Gasteiger partial charge in [0.25, 0.3) is 0 Å². The van der Waals surface area contributed by atoms with E-state index in [4.69, 9.17) is 4.74 Å². The van der Waals surface area contributed by atoms with Crippen molar-refractivity contribution in [2.24, 2.45) is 11.8 Å². The second kappa shape index (κ2) is 11.6. The summed E-state index contributed by atoms with van der Waals surface area (Å²) >= 11 is 1.70. The van der Waals surface area contributed by atoms with Gasteiger partial charge < -0.3 is 14.5 Å². The van der Waals surface area contributed by atoms with Crippen LogP contribution in [0.15, 0.2) is 35.7 Å². The van der Waals surface area contributed by atoms with Gasteiger partial charge in [0, 0.05) is 24.4 Å². The normalized spacial score (nSPS) is 16.4. The second-order valence-electron chi connectivity index (χ2n) is 9.30. The predicted molar refractivity (Wildman–Crippen MR) is 130 cm³/mol. The summed E-state index contributed by atoms with van der Waals surface area (Å²) in [5.41, 5.74) is 1.10. The van der Waals surface area contributed by atoms with Crippen molar-refractivity contribution >= 4 is 23.2 Å². The van der Waals surface area contributed by atoms with Crippen molar-refractivity contribution in [1.29, 1.82) is 0 Å². The molecule has 5 nitrogen and oxygen atoms in total. The smallest absolute Gasteiger partial charge is 0.242 e. The third-order valence-electron chi connectivity index (χ3n) is 6.13. The summed E-state index contributed by atoms with van der Waals surface area (Å²) in [6.45, 7) is 9.80. The fraction of sp³-hybridized carbons (Fsp3) is 0.538. The van der Waals surface area contributed by atoms with Gasteiger partial charge in [0.05, 0.1) is 12.6 Å². The summed E-state index contributed by atoms with van der Waals surface area (Å²) in [5, 5.41) is 2.05. The number of thiophene rings is 1. The lowest BCUT2D eigenvalue weighted by Gasteiger charge is -2.37. The van der Waals surface area contributed by atoms with E-state index in [0.29, 0.717) is 31.2 Å². The molecule has 0 N–H and O–H groups in total. The Morgan fingerprint density at radius 3 is 2.61 bits per heavy atom. The molecule has 0 saturated heterocycles. The first kappa shape index (κ1) is 25.2. The van der Waals surface area contributed by atoms with E-state index in [1.165, 1.54) is 17.0 Å². The molecule has 0 aliphatic carbocycles. The monoisotopic (exact) mass is 474 g/mol. The fourth-order valence-corrected chi connectivity index (χ4v) is 5.00. The molecule has 0 saturated carbocycles. The number of halogens is 1. The fourth-order valence-electron chi connectivity index (χ4n) is 4.07. The number of nitrogens with zero attached hydrogens (tertiary/aromatic N) is 2. The average molecular weight is 475 g/mol. The number of amides is 2. The Labute approximate surface area is 200 Å². The van der Waals surface area contributed by atoms with Crippen LogP contribution in [0.3, 0.4) is 0 Å². The van der Waals surface area contributed by atoms with E-state index in [-0.39, 0.29) is 42.7 Å². The summed E-state index contributed by atoms with van der Waals surface area (Å²) in [6, 6.07) is 7.74. The topological polar surface area (TPSA) is 49.9 Å². The first-order valence-corrected chi connectivity index (χ1v) is 12.7. The van der Waals surface area contributed by atoms with Crippen molar-refractivity contribution in [2.75, 3.05) is 26.2 Å². The molecule has 180 valence electrons. The maximum Gasteiger partial charge on any atom is 0.242 e. The summed E-state index contributed by atoms with van der Waals surface area (Å²) < 4.78 is 19.2. The van der Waals surface area contributed by atoms with Crippen LogP contribution in [0, 0.1) is 17.7 Å². The van der Waals surface area contributed by atoms with E-state index in [2.05, 4.69) is 19.9 Å². The third-order valence-corrected chi connectivity index (χ3v) is 7.12. The van der Waals surface area contributed by atoms with Crippen molar-refractivity contribution in [3.8, 4) is 5.75 Å². The Kier molecular flexibility index (Phi) is 8.89. The molecule has 1 aliphatic heterocycles. The number of hydrogen-bond acceptors (Lipinski definition) is 4. The Hall–Kier alpha value is -2.41. The minimum Gasteiger partial charge on any atom is -0.491 e. The van der Waals surface area contributed by atoms with E-state index in [9.17, 15) is 14.0 Å². The van der Waals surface area contributed by atoms with E-state index < -0.39 is 0 Å². The minimum absolute atomic E-state index is 0.0333. The zero-order valence-corrected chi connectivity index (χ0v) is 20.9. The molecule has 33 heavy (non-hydrogen) atoms. The van der Waals surface area contributed by atoms with Crippen molar-refractivity contribution < 1.29 is 18.7 Å². The van der Waals surface area contributed by atoms with Gasteiger partial charge in [-0.05, 0) is 59.5 Å². The van der Waals surface area contributed by atoms with Crippen LogP contribution in [-0.4, -0.2) is 47.9 Å². The van der Waals surface area contributed by atoms with Gasteiger partial charge in [-0.1, -0.05) is 34.1 Å². The highest BCUT2D eigenvalue weighted by Gasteiger charge is 2.33. The van der Waals surface area contributed by atoms with Gasteiger partial charge in [-0.2, -0.15) is 0 Å². The van der Waals surface area contributed by atoms with Crippen LogP contribution in [0.4, 0.5) is 4.39 Å². The summed E-state index contributed by atoms with van der Waals surface area (Å²) in [7, 11) is 0. The number of hydrogen-bond donors (Lipinski definition) is 0. The van der Waals surface area contributed by atoms with E-state index >= 15 is 0 Å². The van der Waals surface area contributed by atoms with Gasteiger partial charge >= 0.3 is 0 Å². The van der Waals surface area contributed by atoms with Crippen molar-refractivity contribution in [1.82, 2.24) is 9.80 Å². The number of benzene rings is 1. The second-order valence-corrected chi connectivity index (χ2v) is 10.3. The standard InChI is InChI=1S/C26H35FN2O3S/c1-5-19(4)15-28(25(30)14-18(2)3)16-26(31)29-12-10-24-22(11-13-33-24)23(29)17-32-21-8-6-20(27)7-9-21/h6-9,11,13,18-19,23H,5,10,12,14-17H2,1-4H3/t19-,23+/m1/s1. The minimum atomic E-state index is -0.315. The number of fused-ring (bicyclic) bond motifs is 1. The van der Waals surface area contributed by atoms with Gasteiger partial charge in [-0.25, -0.2) is 4.39 Å². The number of carbonyl (C=O) groups excluding carboxylic acids is 2. The number of rotatable bonds is 10. The largest absolute Gasteiger partial charge is 0.491 e. The molecule has 2 heterocycles. The Morgan fingerprint density at radius 2 is 1.94 bits per heavy atom. The van der Waals surface area contributed by atoms with Crippen LogP contribution in [0.2, 0.25) is 0 Å². The number of ether oxygens (including phenoxy) is 1. The molecular weight excluding hydrogens is 439 g/mol. The van der Waals surface area contributed by atoms with Gasteiger partial charge in [0.2, 0.25) is 11.8 Å². The molecule has 0 radical (unpaired) electrons. The third kappa shape index (κ3) is 6.79. The van der Waals surface area contributed by atoms with Crippen LogP contribution in [-0.2, 0) is 16.0 Å². The zero-order chi connectivity index (χ0) is 24.0. The quantitative estimate of drug-likeness (QED) is 0.469. The average Bonchev–Trinajstić information content (AvgIpc) is 3.26. The number of carbonyl (C=O) groups is 2. The van der Waals surface area contributed by atoms with E-state index in [1.807, 2.05) is 24.1 Å². The molecule has 1 aromatic heterocycles. The van der Waals surface area contributed by atoms with Crippen LogP contribution >= 0.6 is 11.3 Å². The van der Waals surface area contributed by atoms with Crippen LogP contribution in [0.1, 0.15) is 57.0 Å². The van der Waals surface area contributed by atoms with Gasteiger partial charge in [0.1, 0.15) is 18.2 Å².